The fourth-order valence-electron chi connectivity index (χ4n) is 3.99. The zero-order chi connectivity index (χ0) is 27.7. The molecule has 1 heterocycles. The molecule has 0 radical (unpaired) electrons. The second-order valence-electron chi connectivity index (χ2n) is 8.70. The van der Waals surface area contributed by atoms with Crippen LogP contribution in [0, 0.1) is 11.7 Å². The Labute approximate surface area is 220 Å². The molecule has 2 aromatic carbocycles. The Kier molecular flexibility index (Phi) is 9.92. The molecule has 8 nitrogen and oxygen atoms in total. The molecular weight excluding hydrogens is 493 g/mol. The van der Waals surface area contributed by atoms with Gasteiger partial charge >= 0.3 is 11.9 Å². The first-order valence-electron chi connectivity index (χ1n) is 12.0. The number of aromatic nitrogens is 1. The van der Waals surface area contributed by atoms with E-state index in [9.17, 15) is 18.8 Å². The monoisotopic (exact) mass is 523 g/mol. The summed E-state index contributed by atoms with van der Waals surface area (Å²) in [5.41, 5.74) is 1.63. The lowest BCUT2D eigenvalue weighted by Gasteiger charge is -2.26. The molecule has 38 heavy (non-hydrogen) atoms. The summed E-state index contributed by atoms with van der Waals surface area (Å²) in [4.78, 5) is 41.3. The number of ketones is 1. The number of rotatable bonds is 12. The number of carbonyl (C=O) groups excluding carboxylic acids is 3. The SMILES string of the molecule is COc1ccnc(C(=O)C[C@@H](C)C(=O)O[C@@H](C)[C@@H](c2ccccc2)c2ccc(F)cc2)c1OCOC(C)=O. The Morgan fingerprint density at radius 2 is 1.61 bits per heavy atom. The van der Waals surface area contributed by atoms with Gasteiger partial charge in [0.15, 0.2) is 23.0 Å². The third kappa shape index (κ3) is 7.38. The number of carbonyl (C=O) groups is 3. The van der Waals surface area contributed by atoms with Gasteiger partial charge in [0.2, 0.25) is 6.79 Å². The molecule has 1 aromatic heterocycles. The van der Waals surface area contributed by atoms with Crippen LogP contribution in [0.2, 0.25) is 0 Å². The molecule has 0 aliphatic carbocycles. The van der Waals surface area contributed by atoms with E-state index in [1.54, 1.807) is 26.0 Å². The van der Waals surface area contributed by atoms with Crippen molar-refractivity contribution >= 4 is 17.7 Å². The van der Waals surface area contributed by atoms with Crippen molar-refractivity contribution in [3.05, 3.63) is 89.5 Å². The highest BCUT2D eigenvalue weighted by Gasteiger charge is 2.29. The van der Waals surface area contributed by atoms with Crippen molar-refractivity contribution in [2.24, 2.45) is 5.92 Å². The van der Waals surface area contributed by atoms with E-state index in [2.05, 4.69) is 4.98 Å². The van der Waals surface area contributed by atoms with Gasteiger partial charge in [0.1, 0.15) is 11.9 Å². The van der Waals surface area contributed by atoms with Crippen molar-refractivity contribution in [3.8, 4) is 11.5 Å². The minimum absolute atomic E-state index is 0.00985. The van der Waals surface area contributed by atoms with Crippen LogP contribution in [-0.4, -0.2) is 42.7 Å². The van der Waals surface area contributed by atoms with E-state index in [1.807, 2.05) is 30.3 Å². The van der Waals surface area contributed by atoms with Crippen molar-refractivity contribution in [1.82, 2.24) is 4.98 Å². The number of esters is 2. The Balaban J connectivity index is 1.74. The van der Waals surface area contributed by atoms with E-state index >= 15 is 0 Å². The van der Waals surface area contributed by atoms with Crippen LogP contribution in [0.25, 0.3) is 0 Å². The number of methoxy groups -OCH3 is 1. The van der Waals surface area contributed by atoms with Gasteiger partial charge in [0, 0.05) is 31.5 Å². The van der Waals surface area contributed by atoms with Crippen molar-refractivity contribution in [1.29, 1.82) is 0 Å². The lowest BCUT2D eigenvalue weighted by atomic mass is 9.87. The van der Waals surface area contributed by atoms with Gasteiger partial charge in [-0.2, -0.15) is 0 Å². The van der Waals surface area contributed by atoms with Crippen LogP contribution in [0.4, 0.5) is 4.39 Å². The molecule has 3 atom stereocenters. The molecule has 0 aliphatic heterocycles. The number of hydrogen-bond acceptors (Lipinski definition) is 8. The zero-order valence-electron chi connectivity index (χ0n) is 21.7. The first-order valence-corrected chi connectivity index (χ1v) is 12.0. The van der Waals surface area contributed by atoms with E-state index in [-0.39, 0.29) is 35.3 Å². The summed E-state index contributed by atoms with van der Waals surface area (Å²) in [6.45, 7) is 4.14. The van der Waals surface area contributed by atoms with E-state index in [1.165, 1.54) is 38.4 Å². The van der Waals surface area contributed by atoms with Crippen LogP contribution in [-0.2, 0) is 19.1 Å². The summed E-state index contributed by atoms with van der Waals surface area (Å²) in [7, 11) is 1.40. The first-order chi connectivity index (χ1) is 18.2. The summed E-state index contributed by atoms with van der Waals surface area (Å²) in [5, 5.41) is 0. The number of nitrogens with zero attached hydrogens (tertiary/aromatic N) is 1. The normalized spacial score (nSPS) is 13.1. The molecule has 0 N–H and O–H groups in total. The average molecular weight is 524 g/mol. The number of Topliss-reactive ketones (excluding diaryl/α,β-unsaturated/α-hetero) is 1. The van der Waals surface area contributed by atoms with Crippen molar-refractivity contribution in [2.75, 3.05) is 13.9 Å². The Morgan fingerprint density at radius 1 is 0.947 bits per heavy atom. The topological polar surface area (TPSA) is 101 Å². The maximum Gasteiger partial charge on any atom is 0.309 e. The van der Waals surface area contributed by atoms with E-state index in [0.29, 0.717) is 0 Å². The molecule has 0 amide bonds. The Morgan fingerprint density at radius 3 is 2.24 bits per heavy atom. The third-order valence-electron chi connectivity index (χ3n) is 5.87. The predicted octanol–water partition coefficient (Wildman–Crippen LogP) is 5.10. The summed E-state index contributed by atoms with van der Waals surface area (Å²) >= 11 is 0. The maximum absolute atomic E-state index is 13.6. The fourth-order valence-corrected chi connectivity index (χ4v) is 3.99. The van der Waals surface area contributed by atoms with Gasteiger partial charge in [-0.15, -0.1) is 0 Å². The largest absolute Gasteiger partial charge is 0.493 e. The van der Waals surface area contributed by atoms with Gasteiger partial charge in [-0.3, -0.25) is 14.4 Å². The highest BCUT2D eigenvalue weighted by molar-refractivity contribution is 5.99. The lowest BCUT2D eigenvalue weighted by molar-refractivity contribution is -0.153. The zero-order valence-corrected chi connectivity index (χ0v) is 21.7. The quantitative estimate of drug-likeness (QED) is 0.184. The minimum Gasteiger partial charge on any atom is -0.493 e. The molecule has 200 valence electrons. The number of ether oxygens (including phenoxy) is 4. The van der Waals surface area contributed by atoms with Crippen molar-refractivity contribution in [2.45, 2.75) is 39.2 Å². The predicted molar refractivity (Wildman–Crippen MR) is 136 cm³/mol. The number of benzene rings is 2. The summed E-state index contributed by atoms with van der Waals surface area (Å²) < 4.78 is 34.8. The summed E-state index contributed by atoms with van der Waals surface area (Å²) in [6, 6.07) is 17.0. The highest BCUT2D eigenvalue weighted by atomic mass is 19.1. The number of pyridine rings is 1. The maximum atomic E-state index is 13.6. The fraction of sp³-hybridized carbons (Fsp3) is 0.310. The minimum atomic E-state index is -0.802. The van der Waals surface area contributed by atoms with Crippen LogP contribution in [0.1, 0.15) is 54.7 Å². The standard InChI is InChI=1S/C29H30FNO7/c1-18(16-24(33)27-28(37-17-36-20(3)32)25(35-4)14-15-31-27)29(34)38-19(2)26(21-8-6-5-7-9-21)22-10-12-23(30)13-11-22/h5-15,18-19,26H,16-17H2,1-4H3/t18-,19+,26+/m1/s1. The smallest absolute Gasteiger partial charge is 0.309 e. The van der Waals surface area contributed by atoms with Crippen LogP contribution in [0.15, 0.2) is 66.9 Å². The average Bonchev–Trinajstić information content (AvgIpc) is 2.90. The lowest BCUT2D eigenvalue weighted by Crippen LogP contribution is -2.28. The molecule has 0 spiro atoms. The van der Waals surface area contributed by atoms with Gasteiger partial charge in [-0.1, -0.05) is 49.4 Å². The molecule has 0 aliphatic rings. The van der Waals surface area contributed by atoms with Crippen LogP contribution >= 0.6 is 0 Å². The molecule has 0 unspecified atom stereocenters. The van der Waals surface area contributed by atoms with Crippen LogP contribution < -0.4 is 9.47 Å². The van der Waals surface area contributed by atoms with Crippen LogP contribution in [0.3, 0.4) is 0 Å². The Bertz CT molecular complexity index is 1250. The number of hydrogen-bond donors (Lipinski definition) is 0. The van der Waals surface area contributed by atoms with Crippen molar-refractivity contribution < 1.29 is 37.7 Å². The summed E-state index contributed by atoms with van der Waals surface area (Å²) in [6.07, 6.45) is 0.566. The van der Waals surface area contributed by atoms with Crippen molar-refractivity contribution in [3.63, 3.8) is 0 Å². The molecule has 0 saturated carbocycles. The molecule has 0 fully saturated rings. The second kappa shape index (κ2) is 13.3. The van der Waals surface area contributed by atoms with Gasteiger partial charge in [0.25, 0.3) is 0 Å². The van der Waals surface area contributed by atoms with E-state index < -0.39 is 36.5 Å². The third-order valence-corrected chi connectivity index (χ3v) is 5.87. The summed E-state index contributed by atoms with van der Waals surface area (Å²) in [5.74, 6) is -2.87. The highest BCUT2D eigenvalue weighted by Crippen LogP contribution is 2.32. The van der Waals surface area contributed by atoms with Gasteiger partial charge in [-0.05, 0) is 30.2 Å². The van der Waals surface area contributed by atoms with Gasteiger partial charge in [0.05, 0.1) is 13.0 Å². The molecule has 0 saturated heterocycles. The molecule has 0 bridgehead atoms. The molecular formula is C29H30FNO7. The Hall–Kier alpha value is -4.27. The molecule has 3 aromatic rings. The van der Waals surface area contributed by atoms with Crippen LogP contribution in [0.5, 0.6) is 11.5 Å². The second-order valence-corrected chi connectivity index (χ2v) is 8.70. The molecule has 9 heteroatoms. The van der Waals surface area contributed by atoms with Gasteiger partial charge in [-0.25, -0.2) is 9.37 Å². The van der Waals surface area contributed by atoms with E-state index in [4.69, 9.17) is 18.9 Å². The molecule has 3 rings (SSSR count). The number of halogens is 1. The first kappa shape index (κ1) is 28.3. The van der Waals surface area contributed by atoms with E-state index in [0.717, 1.165) is 11.1 Å². The van der Waals surface area contributed by atoms with Gasteiger partial charge < -0.3 is 18.9 Å².